The summed E-state index contributed by atoms with van der Waals surface area (Å²) in [6.45, 7) is 6.99. The van der Waals surface area contributed by atoms with Gasteiger partial charge in [-0.2, -0.15) is 0 Å². The second kappa shape index (κ2) is 11.8. The zero-order valence-corrected chi connectivity index (χ0v) is 16.0. The van der Waals surface area contributed by atoms with Gasteiger partial charge in [0.25, 0.3) is 0 Å². The maximum atomic E-state index is 11.9. The molecular weight excluding hydrogens is 328 g/mol. The number of ether oxygens (including phenoxy) is 2. The van der Waals surface area contributed by atoms with Crippen molar-refractivity contribution in [3.05, 3.63) is 29.8 Å². The number of morpholine rings is 1. The van der Waals surface area contributed by atoms with E-state index in [4.69, 9.17) is 14.9 Å². The van der Waals surface area contributed by atoms with E-state index in [9.17, 15) is 4.79 Å². The van der Waals surface area contributed by atoms with Crippen LogP contribution in [-0.2, 0) is 9.53 Å². The lowest BCUT2D eigenvalue weighted by Crippen LogP contribution is -2.36. The number of unbranched alkanes of at least 4 members (excludes halogenated alkanes) is 3. The van der Waals surface area contributed by atoms with Crippen LogP contribution < -0.4 is 4.74 Å². The van der Waals surface area contributed by atoms with E-state index in [-0.39, 0.29) is 5.97 Å². The van der Waals surface area contributed by atoms with E-state index in [1.54, 1.807) is 12.1 Å². The Kier molecular flexibility index (Phi) is 9.35. The molecule has 0 amide bonds. The van der Waals surface area contributed by atoms with E-state index in [2.05, 4.69) is 11.8 Å². The van der Waals surface area contributed by atoms with Crippen molar-refractivity contribution in [2.75, 3.05) is 32.8 Å². The molecule has 1 heterocycles. The Labute approximate surface area is 157 Å². The average Bonchev–Trinajstić information content (AvgIpc) is 2.66. The minimum Gasteiger partial charge on any atom is -0.427 e. The fraction of sp³-hybridized carbons (Fsp3) is 0.619. The number of esters is 1. The largest absolute Gasteiger partial charge is 0.427 e. The van der Waals surface area contributed by atoms with Gasteiger partial charge in [0, 0.05) is 25.2 Å². The molecule has 5 nitrogen and oxygen atoms in total. The molecule has 1 N–H and O–H groups in total. The van der Waals surface area contributed by atoms with Gasteiger partial charge in [0.1, 0.15) is 5.75 Å². The highest BCUT2D eigenvalue weighted by molar-refractivity contribution is 5.98. The van der Waals surface area contributed by atoms with E-state index in [1.807, 2.05) is 12.1 Å². The molecule has 1 aliphatic rings. The lowest BCUT2D eigenvalue weighted by Gasteiger charge is -2.26. The van der Waals surface area contributed by atoms with Crippen molar-refractivity contribution in [3.63, 3.8) is 0 Å². The number of rotatable bonds is 11. The van der Waals surface area contributed by atoms with E-state index >= 15 is 0 Å². The Morgan fingerprint density at radius 2 is 1.77 bits per heavy atom. The van der Waals surface area contributed by atoms with Gasteiger partial charge in [-0.1, -0.05) is 26.2 Å². The molecule has 1 aliphatic heterocycles. The molecule has 144 valence electrons. The fourth-order valence-corrected chi connectivity index (χ4v) is 3.08. The molecule has 0 radical (unpaired) electrons. The van der Waals surface area contributed by atoms with E-state index < -0.39 is 0 Å². The third kappa shape index (κ3) is 7.67. The normalized spacial score (nSPS) is 15.0. The van der Waals surface area contributed by atoms with Crippen LogP contribution >= 0.6 is 0 Å². The summed E-state index contributed by atoms with van der Waals surface area (Å²) in [4.78, 5) is 14.4. The highest BCUT2D eigenvalue weighted by Gasteiger charge is 2.09. The number of hydrogen-bond acceptors (Lipinski definition) is 5. The molecule has 1 fully saturated rings. The molecule has 26 heavy (non-hydrogen) atoms. The van der Waals surface area contributed by atoms with Crippen LogP contribution in [0.25, 0.3) is 0 Å². The SMILES string of the molecule is CCCC(=N)c1ccc(OC(=O)CCCCCCN2CCOCC2)cc1. The number of carbonyl (C=O) groups excluding carboxylic acids is 1. The third-order valence-corrected chi connectivity index (χ3v) is 4.64. The highest BCUT2D eigenvalue weighted by Crippen LogP contribution is 2.15. The van der Waals surface area contributed by atoms with Gasteiger partial charge in [0.05, 0.1) is 13.2 Å². The van der Waals surface area contributed by atoms with Crippen molar-refractivity contribution >= 4 is 11.7 Å². The predicted molar refractivity (Wildman–Crippen MR) is 104 cm³/mol. The van der Waals surface area contributed by atoms with Gasteiger partial charge in [-0.15, -0.1) is 0 Å². The monoisotopic (exact) mass is 360 g/mol. The molecule has 1 aromatic rings. The quantitative estimate of drug-likeness (QED) is 0.280. The summed E-state index contributed by atoms with van der Waals surface area (Å²) in [5, 5.41) is 7.94. The molecule has 0 atom stereocenters. The maximum Gasteiger partial charge on any atom is 0.311 e. The van der Waals surface area contributed by atoms with Crippen molar-refractivity contribution in [3.8, 4) is 5.75 Å². The lowest BCUT2D eigenvalue weighted by atomic mass is 10.1. The van der Waals surface area contributed by atoms with Crippen molar-refractivity contribution < 1.29 is 14.3 Å². The second-order valence-corrected chi connectivity index (χ2v) is 6.85. The maximum absolute atomic E-state index is 11.9. The molecule has 2 rings (SSSR count). The van der Waals surface area contributed by atoms with Gasteiger partial charge in [0.2, 0.25) is 0 Å². The molecule has 0 aromatic heterocycles. The summed E-state index contributed by atoms with van der Waals surface area (Å²) in [7, 11) is 0. The molecule has 5 heteroatoms. The van der Waals surface area contributed by atoms with Gasteiger partial charge in [-0.25, -0.2) is 0 Å². The molecule has 0 aliphatic carbocycles. The van der Waals surface area contributed by atoms with Crippen molar-refractivity contribution in [2.24, 2.45) is 0 Å². The van der Waals surface area contributed by atoms with Crippen molar-refractivity contribution in [1.29, 1.82) is 5.41 Å². The Balaban J connectivity index is 1.56. The first-order valence-corrected chi connectivity index (χ1v) is 9.87. The average molecular weight is 360 g/mol. The Morgan fingerprint density at radius 3 is 2.46 bits per heavy atom. The Bertz CT molecular complexity index is 551. The van der Waals surface area contributed by atoms with E-state index in [1.165, 1.54) is 6.42 Å². The van der Waals surface area contributed by atoms with Crippen LogP contribution in [0.4, 0.5) is 0 Å². The van der Waals surface area contributed by atoms with Crippen LogP contribution in [0.1, 0.15) is 57.4 Å². The summed E-state index contributed by atoms with van der Waals surface area (Å²) in [5.74, 6) is 0.393. The first-order chi connectivity index (χ1) is 12.7. The fourth-order valence-electron chi connectivity index (χ4n) is 3.08. The second-order valence-electron chi connectivity index (χ2n) is 6.85. The number of nitrogens with one attached hydrogen (secondary N) is 1. The molecule has 1 saturated heterocycles. The minimum absolute atomic E-state index is 0.172. The summed E-state index contributed by atoms with van der Waals surface area (Å²) < 4.78 is 10.7. The number of hydrogen-bond donors (Lipinski definition) is 1. The standard InChI is InChI=1S/C21H32N2O3/c1-2-7-20(22)18-9-11-19(12-10-18)26-21(24)8-5-3-4-6-13-23-14-16-25-17-15-23/h9-12,22H,2-8,13-17H2,1H3. The highest BCUT2D eigenvalue weighted by atomic mass is 16.5. The van der Waals surface area contributed by atoms with Gasteiger partial charge in [-0.3, -0.25) is 9.69 Å². The third-order valence-electron chi connectivity index (χ3n) is 4.64. The van der Waals surface area contributed by atoms with Crippen LogP contribution in [-0.4, -0.2) is 49.4 Å². The van der Waals surface area contributed by atoms with E-state index in [0.717, 1.165) is 70.5 Å². The topological polar surface area (TPSA) is 62.6 Å². The van der Waals surface area contributed by atoms with Crippen LogP contribution in [0.2, 0.25) is 0 Å². The molecule has 0 spiro atoms. The van der Waals surface area contributed by atoms with E-state index in [0.29, 0.717) is 17.9 Å². The van der Waals surface area contributed by atoms with Gasteiger partial charge >= 0.3 is 5.97 Å². The number of carbonyl (C=O) groups is 1. The summed E-state index contributed by atoms with van der Waals surface area (Å²) >= 11 is 0. The van der Waals surface area contributed by atoms with Crippen molar-refractivity contribution in [2.45, 2.75) is 51.9 Å². The van der Waals surface area contributed by atoms with Gasteiger partial charge < -0.3 is 14.9 Å². The predicted octanol–water partition coefficient (Wildman–Crippen LogP) is 4.04. The van der Waals surface area contributed by atoms with Crippen LogP contribution in [0.5, 0.6) is 5.75 Å². The van der Waals surface area contributed by atoms with Crippen molar-refractivity contribution in [1.82, 2.24) is 4.90 Å². The zero-order valence-electron chi connectivity index (χ0n) is 16.0. The number of nitrogens with zero attached hydrogens (tertiary/aromatic N) is 1. The molecule has 0 bridgehead atoms. The lowest BCUT2D eigenvalue weighted by molar-refractivity contribution is -0.134. The molecule has 0 unspecified atom stereocenters. The zero-order chi connectivity index (χ0) is 18.6. The molecule has 0 saturated carbocycles. The van der Waals surface area contributed by atoms with Gasteiger partial charge in [0.15, 0.2) is 0 Å². The van der Waals surface area contributed by atoms with Gasteiger partial charge in [-0.05, 0) is 55.6 Å². The first-order valence-electron chi connectivity index (χ1n) is 9.87. The smallest absolute Gasteiger partial charge is 0.311 e. The minimum atomic E-state index is -0.172. The Morgan fingerprint density at radius 1 is 1.08 bits per heavy atom. The summed E-state index contributed by atoms with van der Waals surface area (Å²) in [5.41, 5.74) is 1.52. The number of benzene rings is 1. The van der Waals surface area contributed by atoms with Crippen LogP contribution in [0.3, 0.4) is 0 Å². The van der Waals surface area contributed by atoms with Crippen LogP contribution in [0, 0.1) is 5.41 Å². The first kappa shape index (κ1) is 20.6. The summed E-state index contributed by atoms with van der Waals surface area (Å²) in [6.07, 6.45) is 6.46. The van der Waals surface area contributed by atoms with Crippen LogP contribution in [0.15, 0.2) is 24.3 Å². The molecule has 1 aromatic carbocycles. The molecular formula is C21H32N2O3. The Hall–Kier alpha value is -1.72. The summed E-state index contributed by atoms with van der Waals surface area (Å²) in [6, 6.07) is 7.26.